The van der Waals surface area contributed by atoms with Gasteiger partial charge in [-0.1, -0.05) is 91.0 Å². The third-order valence-electron chi connectivity index (χ3n) is 4.27. The normalized spacial score (nSPS) is 15.1. The first kappa shape index (κ1) is 16.1. The van der Waals surface area contributed by atoms with Crippen LogP contribution < -0.4 is 0 Å². The Balaban J connectivity index is 1.89. The van der Waals surface area contributed by atoms with E-state index in [0.717, 1.165) is 28.1 Å². The highest BCUT2D eigenvalue weighted by Crippen LogP contribution is 2.49. The van der Waals surface area contributed by atoms with Gasteiger partial charge in [-0.3, -0.25) is 8.84 Å². The van der Waals surface area contributed by atoms with Crippen molar-refractivity contribution in [3.05, 3.63) is 108 Å². The van der Waals surface area contributed by atoms with E-state index in [1.165, 1.54) is 0 Å². The molecule has 0 atom stereocenters. The molecule has 4 heteroatoms. The molecule has 1 heterocycles. The molecule has 0 unspecified atom stereocenters. The average molecular weight is 367 g/mol. The quantitative estimate of drug-likeness (QED) is 0.513. The summed E-state index contributed by atoms with van der Waals surface area (Å²) in [7, 11) is 0. The van der Waals surface area contributed by atoms with Gasteiger partial charge in [0.2, 0.25) is 0 Å². The van der Waals surface area contributed by atoms with Gasteiger partial charge in [-0.05, 0) is 5.56 Å². The summed E-state index contributed by atoms with van der Waals surface area (Å²) in [4.78, 5) is 0. The van der Waals surface area contributed by atoms with E-state index in [0.29, 0.717) is 0 Å². The first-order valence-electron chi connectivity index (χ1n) is 8.07. The third-order valence-corrected chi connectivity index (χ3v) is 4.98. The highest BCUT2D eigenvalue weighted by atomic mass is 35.5. The van der Waals surface area contributed by atoms with Gasteiger partial charge < -0.3 is 0 Å². The van der Waals surface area contributed by atoms with Crippen LogP contribution in [0, 0.1) is 0 Å². The second-order valence-corrected chi connectivity index (χ2v) is 6.56. The summed E-state index contributed by atoms with van der Waals surface area (Å²) in [5.74, 6) is 0. The first-order valence-corrected chi connectivity index (χ1v) is 8.75. The molecule has 0 aromatic heterocycles. The summed E-state index contributed by atoms with van der Waals surface area (Å²) in [5, 5.41) is 0. The maximum absolute atomic E-state index is 6.80. The highest BCUT2D eigenvalue weighted by molar-refractivity contribution is 6.26. The third kappa shape index (κ3) is 2.88. The van der Waals surface area contributed by atoms with E-state index >= 15 is 0 Å². The largest absolute Gasteiger partial charge is 0.255 e. The van der Waals surface area contributed by atoms with Gasteiger partial charge in [-0.2, -0.15) is 0 Å². The lowest BCUT2D eigenvalue weighted by atomic mass is 10.1. The SMILES string of the molecule is ClN1C(c2ccccc2)=C(c2ccccc2)N(Cl)C1c1ccccc1. The van der Waals surface area contributed by atoms with Crippen molar-refractivity contribution < 1.29 is 0 Å². The molecule has 0 N–H and O–H groups in total. The van der Waals surface area contributed by atoms with Crippen LogP contribution in [-0.4, -0.2) is 8.84 Å². The molecular weight excluding hydrogens is 351 g/mol. The minimum Gasteiger partial charge on any atom is -0.255 e. The van der Waals surface area contributed by atoms with Gasteiger partial charge in [0.15, 0.2) is 6.17 Å². The van der Waals surface area contributed by atoms with Crippen LogP contribution in [0.2, 0.25) is 0 Å². The summed E-state index contributed by atoms with van der Waals surface area (Å²) < 4.78 is 3.44. The lowest BCUT2D eigenvalue weighted by molar-refractivity contribution is 0.350. The van der Waals surface area contributed by atoms with Gasteiger partial charge >= 0.3 is 0 Å². The molecule has 0 amide bonds. The Kier molecular flexibility index (Phi) is 4.39. The van der Waals surface area contributed by atoms with Crippen LogP contribution in [0.5, 0.6) is 0 Å². The maximum atomic E-state index is 6.80. The van der Waals surface area contributed by atoms with Crippen molar-refractivity contribution >= 4 is 34.9 Å². The number of nitrogens with zero attached hydrogens (tertiary/aromatic N) is 2. The number of hydrogen-bond donors (Lipinski definition) is 0. The summed E-state index contributed by atoms with van der Waals surface area (Å²) in [6.07, 6.45) is -0.282. The maximum Gasteiger partial charge on any atom is 0.158 e. The molecule has 2 nitrogen and oxygen atoms in total. The van der Waals surface area contributed by atoms with Gasteiger partial charge in [0.25, 0.3) is 0 Å². The summed E-state index contributed by atoms with van der Waals surface area (Å²) in [5.41, 5.74) is 4.89. The van der Waals surface area contributed by atoms with Gasteiger partial charge in [0.1, 0.15) is 0 Å². The van der Waals surface area contributed by atoms with Gasteiger partial charge in [-0.15, -0.1) is 0 Å². The Morgan fingerprint density at radius 1 is 0.520 bits per heavy atom. The molecule has 0 aliphatic carbocycles. The Hall–Kier alpha value is -2.42. The molecule has 3 aromatic rings. The highest BCUT2D eigenvalue weighted by Gasteiger charge is 2.39. The second kappa shape index (κ2) is 6.83. The Morgan fingerprint density at radius 3 is 1.28 bits per heavy atom. The minimum atomic E-state index is -0.282. The van der Waals surface area contributed by atoms with Crippen LogP contribution in [0.1, 0.15) is 22.9 Å². The van der Waals surface area contributed by atoms with E-state index in [1.54, 1.807) is 8.84 Å². The standard InChI is InChI=1S/C21H16Cl2N2/c22-24-19(16-10-4-1-5-11-16)20(17-12-6-2-7-13-17)25(23)21(24)18-14-8-3-9-15-18/h1-15,21H. The minimum absolute atomic E-state index is 0.282. The number of rotatable bonds is 3. The van der Waals surface area contributed by atoms with Gasteiger partial charge in [-0.25, -0.2) is 0 Å². The molecule has 0 fully saturated rings. The van der Waals surface area contributed by atoms with Crippen molar-refractivity contribution in [1.29, 1.82) is 0 Å². The van der Waals surface area contributed by atoms with E-state index in [-0.39, 0.29) is 6.17 Å². The molecule has 0 saturated heterocycles. The number of hydrogen-bond acceptors (Lipinski definition) is 2. The van der Waals surface area contributed by atoms with E-state index in [4.69, 9.17) is 23.6 Å². The zero-order valence-corrected chi connectivity index (χ0v) is 14.9. The van der Waals surface area contributed by atoms with E-state index in [2.05, 4.69) is 0 Å². The summed E-state index contributed by atoms with van der Waals surface area (Å²) >= 11 is 13.6. The van der Waals surface area contributed by atoms with Crippen LogP contribution >= 0.6 is 23.6 Å². The topological polar surface area (TPSA) is 6.48 Å². The van der Waals surface area contributed by atoms with Crippen molar-refractivity contribution in [1.82, 2.24) is 8.84 Å². The second-order valence-electron chi connectivity index (χ2n) is 5.84. The van der Waals surface area contributed by atoms with Crippen molar-refractivity contribution in [2.24, 2.45) is 0 Å². The average Bonchev–Trinajstić information content (AvgIpc) is 2.94. The zero-order chi connectivity index (χ0) is 17.2. The number of benzene rings is 3. The van der Waals surface area contributed by atoms with Crippen LogP contribution in [0.4, 0.5) is 0 Å². The Morgan fingerprint density at radius 2 is 0.880 bits per heavy atom. The van der Waals surface area contributed by atoms with Gasteiger partial charge in [0, 0.05) is 34.7 Å². The van der Waals surface area contributed by atoms with Crippen LogP contribution in [0.25, 0.3) is 11.4 Å². The fourth-order valence-electron chi connectivity index (χ4n) is 3.13. The van der Waals surface area contributed by atoms with E-state index in [1.807, 2.05) is 91.0 Å². The fourth-order valence-corrected chi connectivity index (χ4v) is 3.93. The van der Waals surface area contributed by atoms with Crippen molar-refractivity contribution in [2.45, 2.75) is 6.17 Å². The van der Waals surface area contributed by atoms with Crippen molar-refractivity contribution in [3.63, 3.8) is 0 Å². The monoisotopic (exact) mass is 366 g/mol. The molecule has 0 saturated carbocycles. The molecule has 0 radical (unpaired) electrons. The molecule has 124 valence electrons. The van der Waals surface area contributed by atoms with Crippen LogP contribution in [0.15, 0.2) is 91.0 Å². The zero-order valence-electron chi connectivity index (χ0n) is 13.4. The first-order chi connectivity index (χ1) is 12.3. The predicted octanol–water partition coefficient (Wildman–Crippen LogP) is 6.14. The molecule has 25 heavy (non-hydrogen) atoms. The smallest absolute Gasteiger partial charge is 0.158 e. The van der Waals surface area contributed by atoms with E-state index in [9.17, 15) is 0 Å². The van der Waals surface area contributed by atoms with Crippen LogP contribution in [-0.2, 0) is 0 Å². The fraction of sp³-hybridized carbons (Fsp3) is 0.0476. The Labute approximate surface area is 157 Å². The lowest BCUT2D eigenvalue weighted by Crippen LogP contribution is -2.21. The number of halogens is 2. The molecule has 1 aliphatic heterocycles. The lowest BCUT2D eigenvalue weighted by Gasteiger charge is -2.26. The predicted molar refractivity (Wildman–Crippen MR) is 104 cm³/mol. The van der Waals surface area contributed by atoms with Crippen molar-refractivity contribution in [2.75, 3.05) is 0 Å². The molecule has 4 rings (SSSR count). The van der Waals surface area contributed by atoms with Gasteiger partial charge in [0.05, 0.1) is 11.4 Å². The molecule has 3 aromatic carbocycles. The molecule has 1 aliphatic rings. The summed E-state index contributed by atoms with van der Waals surface area (Å²) in [6, 6.07) is 30.2. The van der Waals surface area contributed by atoms with Crippen LogP contribution in [0.3, 0.4) is 0 Å². The summed E-state index contributed by atoms with van der Waals surface area (Å²) in [6.45, 7) is 0. The molecular formula is C21H16Cl2N2. The Bertz CT molecular complexity index is 824. The van der Waals surface area contributed by atoms with E-state index < -0.39 is 0 Å². The molecule has 0 spiro atoms. The molecule has 0 bridgehead atoms. The van der Waals surface area contributed by atoms with Crippen molar-refractivity contribution in [3.8, 4) is 0 Å².